The van der Waals surface area contributed by atoms with Crippen LogP contribution >= 0.6 is 0 Å². The highest BCUT2D eigenvalue weighted by atomic mass is 12.6. The molecule has 0 heterocycles. The SMILES string of the molecule is C.C.C.C.C.C.C.C.C.C.C.C.C#C.C#C.[3HH].[3HH].[3HH].[3HH].[3HH].[3HH].[3HH].[3HH].[3HH].[3HH].[3H]C.[3H]C.[3H]C.[3H]C. The first-order valence-electron chi connectivity index (χ1n) is 4.67. The lowest BCUT2D eigenvalue weighted by atomic mass is 11.4. The van der Waals surface area contributed by atoms with Crippen molar-refractivity contribution in [2.75, 3.05) is 0 Å². The molecule has 0 aliphatic carbocycles. The van der Waals surface area contributed by atoms with E-state index in [4.69, 9.17) is 5.48 Å². The largest absolute Gasteiger partial charge is 0.124 e. The number of hydrogen-bond acceptors (Lipinski definition) is 0. The fourth-order valence-corrected chi connectivity index (χ4v) is 0. The first kappa shape index (κ1) is 239. The van der Waals surface area contributed by atoms with Crippen LogP contribution in [0.3, 0.4) is 0 Å². The fraction of sp³-hybridized carbons (Fsp3) is 0.800. The van der Waals surface area contributed by atoms with Crippen molar-refractivity contribution < 1.29 is 19.7 Å². The highest BCUT2D eigenvalue weighted by Crippen LogP contribution is 0.581. The van der Waals surface area contributed by atoms with E-state index >= 15 is 0 Å². The van der Waals surface area contributed by atoms with E-state index in [1.54, 1.807) is 0 Å². The van der Waals surface area contributed by atoms with Gasteiger partial charge in [0.2, 0.25) is 0 Å². The third kappa shape index (κ3) is 5740. The second-order valence-electron chi connectivity index (χ2n) is 0. The van der Waals surface area contributed by atoms with Crippen LogP contribution in [-0.4, -0.2) is 0 Å². The fourth-order valence-electron chi connectivity index (χ4n) is 0. The van der Waals surface area contributed by atoms with E-state index in [2.05, 4.69) is 25.7 Å². The van der Waals surface area contributed by atoms with Crippen LogP contribution in [0, 0.1) is 25.7 Å². The molecule has 0 amide bonds. The molecule has 0 spiro atoms. The van der Waals surface area contributed by atoms with Gasteiger partial charge in [-0.25, -0.2) is 0 Å². The summed E-state index contributed by atoms with van der Waals surface area (Å²) in [6.45, 7) is 0. The van der Waals surface area contributed by atoms with E-state index in [0.717, 1.165) is 0 Å². The van der Waals surface area contributed by atoms with Crippen molar-refractivity contribution >= 4 is 0 Å². The van der Waals surface area contributed by atoms with Crippen molar-refractivity contribution in [3.8, 4) is 25.7 Å². The average molecular weight is 357 g/mol. The molecule has 0 nitrogen and oxygen atoms in total. The Hall–Kier alpha value is -0.880. The van der Waals surface area contributed by atoms with Crippen molar-refractivity contribution in [3.05, 3.63) is 0 Å². The molecule has 0 saturated heterocycles. The van der Waals surface area contributed by atoms with Gasteiger partial charge in [0.1, 0.15) is 0 Å². The second kappa shape index (κ2) is 6860. The third-order valence-corrected chi connectivity index (χ3v) is 0. The van der Waals surface area contributed by atoms with E-state index in [0.29, 0.717) is 0 Å². The molecule has 0 heteroatoms. The Morgan fingerprint density at radius 2 is 0.300 bits per heavy atom. The van der Waals surface area contributed by atoms with Crippen molar-refractivity contribution in [1.29, 1.82) is 0 Å². The van der Waals surface area contributed by atoms with Gasteiger partial charge in [-0.2, -0.15) is 0 Å². The Bertz CT molecular complexity index is 48.7. The Morgan fingerprint density at radius 1 is 0.300 bits per heavy atom. The summed E-state index contributed by atoms with van der Waals surface area (Å²) < 4.78 is 23.0. The Morgan fingerprint density at radius 3 is 0.300 bits per heavy atom. The van der Waals surface area contributed by atoms with Gasteiger partial charge in [0.25, 0.3) is 0 Å². The maximum Gasteiger partial charge on any atom is 0.0194 e. The molecule has 0 fully saturated rings. The lowest BCUT2D eigenvalue weighted by molar-refractivity contribution is 2.50. The van der Waals surface area contributed by atoms with Crippen molar-refractivity contribution in [1.82, 2.24) is 0 Å². The van der Waals surface area contributed by atoms with Gasteiger partial charge in [-0.3, -0.25) is 0 Å². The van der Waals surface area contributed by atoms with Gasteiger partial charge in [-0.05, 0) is 0 Å². The van der Waals surface area contributed by atoms with E-state index < -0.39 is 0 Å². The second-order valence-corrected chi connectivity index (χ2v) is 0. The van der Waals surface area contributed by atoms with Gasteiger partial charge < -0.3 is 0 Å². The zero-order valence-electron chi connectivity index (χ0n) is 10.3. The van der Waals surface area contributed by atoms with Gasteiger partial charge in [0.15, 0.2) is 0 Å². The van der Waals surface area contributed by atoms with Gasteiger partial charge in [0, 0.05) is 19.7 Å². The highest BCUT2D eigenvalue weighted by Gasteiger charge is 0.456. The lowest BCUT2D eigenvalue weighted by Gasteiger charge is -0.701. The molecule has 0 aromatic carbocycles. The summed E-state index contributed by atoms with van der Waals surface area (Å²) in [7, 11) is 5.00. The monoisotopic (exact) mass is 357 g/mol. The van der Waals surface area contributed by atoms with Crippen LogP contribution in [0.15, 0.2) is 0 Å². The molecule has 168 valence electrons. The quantitative estimate of drug-likeness (QED) is 0.378. The molecule has 0 aliphatic heterocycles. The molecule has 0 bridgehead atoms. The minimum atomic E-state index is 0. The summed E-state index contributed by atoms with van der Waals surface area (Å²) in [5, 5.41) is 0. The van der Waals surface area contributed by atoms with Gasteiger partial charge in [-0.15, -0.1) is 25.7 Å². The van der Waals surface area contributed by atoms with E-state index in [1.165, 1.54) is 29.6 Å². The van der Waals surface area contributed by atoms with Gasteiger partial charge in [0.05, 0.1) is 0 Å². The number of terminal acetylenes is 2. The molecule has 0 unspecified atom stereocenters. The molecule has 0 atom stereocenters. The summed E-state index contributed by atoms with van der Waals surface area (Å²) in [4.78, 5) is 0. The number of rotatable bonds is 0. The Labute approximate surface area is 165 Å². The molecular weight excluding hydrogens is 240 g/mol. The van der Waals surface area contributed by atoms with Crippen LogP contribution in [0.4, 0.5) is 0 Å². The first-order chi connectivity index (χ1) is 6.00. The van der Waals surface area contributed by atoms with E-state index in [-0.39, 0.29) is 103 Å². The summed E-state index contributed by atoms with van der Waals surface area (Å²) in [5.74, 6) is 0. The molecule has 0 rings (SSSR count). The maximum absolute atomic E-state index is 5.75. The van der Waals surface area contributed by atoms with Crippen molar-refractivity contribution in [2.45, 2.75) is 119 Å². The van der Waals surface area contributed by atoms with Crippen LogP contribution < -0.4 is 0 Å². The lowest BCUT2D eigenvalue weighted by Crippen LogP contribution is -0.576. The van der Waals surface area contributed by atoms with Crippen LogP contribution in [0.1, 0.15) is 138 Å². The molecule has 0 aliphatic rings. The standard InChI is InChI=1S/2C2H2.16CH4.10H2/c2*1-2;;;;;;;;;;;;;;;;;;;;;;;;;;/h2*1-2H;16*1H4;10*1H/i;;4*1T;;;;;;;;;;;;;10*1+2. The van der Waals surface area contributed by atoms with E-state index in [1.807, 2.05) is 0 Å². The van der Waals surface area contributed by atoms with Crippen molar-refractivity contribution in [3.63, 3.8) is 0 Å². The molecule has 0 N–H and O–H groups in total. The minimum Gasteiger partial charge on any atom is -0.124 e. The smallest absolute Gasteiger partial charge is 0.0194 e. The van der Waals surface area contributed by atoms with Crippen LogP contribution in [0.2, 0.25) is 0 Å². The summed E-state index contributed by atoms with van der Waals surface area (Å²) in [6, 6.07) is 0. The first-order valence-corrected chi connectivity index (χ1v) is 0.667. The van der Waals surface area contributed by atoms with Crippen LogP contribution in [0.25, 0.3) is 0 Å². The van der Waals surface area contributed by atoms with Gasteiger partial charge >= 0.3 is 0 Å². The Kier molecular flexibility index (Phi) is 82100. The highest BCUT2D eigenvalue weighted by molar-refractivity contribution is 4.47. The molecule has 0 radical (unpaired) electrons. The molecular formula is C20H88. The normalized spacial score (nSPS) is 1.60. The maximum atomic E-state index is 5.75. The zero-order chi connectivity index (χ0) is 12.0. The summed E-state index contributed by atoms with van der Waals surface area (Å²) in [5.41, 5.74) is 0. The Balaban J connectivity index is -0.000000000433. The average Bonchev–Trinajstić information content (AvgIpc) is 2.33. The minimum absolute atomic E-state index is 0. The molecule has 0 aromatic rings. The summed E-state index contributed by atoms with van der Waals surface area (Å²) >= 11 is 0. The summed E-state index contributed by atoms with van der Waals surface area (Å²) in [6.07, 6.45) is 16.0. The topological polar surface area (TPSA) is 0 Å². The predicted octanol–water partition coefficient (Wildman–Crippen LogP) is 13.1. The van der Waals surface area contributed by atoms with Crippen LogP contribution in [-0.2, 0) is 0 Å². The molecule has 20 heavy (non-hydrogen) atoms. The third-order valence-electron chi connectivity index (χ3n) is 0. The van der Waals surface area contributed by atoms with Crippen LogP contribution in [0.5, 0.6) is 0 Å². The zero-order valence-corrected chi connectivity index (χ0v) is 6.31. The van der Waals surface area contributed by atoms with E-state index in [9.17, 15) is 0 Å². The van der Waals surface area contributed by atoms with Crippen molar-refractivity contribution in [2.24, 2.45) is 0 Å². The molecule has 0 saturated carbocycles. The molecule has 0 aromatic heterocycles. The predicted molar refractivity (Wildman–Crippen MR) is 149 cm³/mol. The number of hydrogen-bond donors (Lipinski definition) is 0. The van der Waals surface area contributed by atoms with Gasteiger partial charge in [-0.1, -0.05) is 119 Å².